The minimum absolute atomic E-state index is 0.0200. The molecular formula is C26H29BrO4. The Kier molecular flexibility index (Phi) is 5.49. The lowest BCUT2D eigenvalue weighted by Gasteiger charge is -2.30. The van der Waals surface area contributed by atoms with Crippen molar-refractivity contribution in [2.75, 3.05) is 0 Å². The van der Waals surface area contributed by atoms with Gasteiger partial charge in [-0.15, -0.1) is 0 Å². The summed E-state index contributed by atoms with van der Waals surface area (Å²) < 4.78 is 13.1. The Bertz CT molecular complexity index is 1050. The van der Waals surface area contributed by atoms with Crippen LogP contribution in [0.4, 0.5) is 0 Å². The van der Waals surface area contributed by atoms with Crippen LogP contribution in [0.1, 0.15) is 74.7 Å². The van der Waals surface area contributed by atoms with Crippen molar-refractivity contribution >= 4 is 15.9 Å². The molecule has 5 heteroatoms. The molecule has 0 saturated heterocycles. The van der Waals surface area contributed by atoms with Gasteiger partial charge in [-0.2, -0.15) is 0 Å². The summed E-state index contributed by atoms with van der Waals surface area (Å²) >= 11 is 3.49. The van der Waals surface area contributed by atoms with Gasteiger partial charge in [0.2, 0.25) is 0 Å². The number of hydrogen-bond donors (Lipinski definition) is 1. The normalized spacial score (nSPS) is 24.0. The zero-order chi connectivity index (χ0) is 21.6. The molecule has 2 atom stereocenters. The molecule has 0 amide bonds. The molecule has 1 N–H and O–H groups in total. The SMILES string of the molecule is CC1=CCC(CC2CC2)(c2c(O)cc(C(Cc3ccc(Br)cc3)CC3CC3)oc2=O)O1. The zero-order valence-electron chi connectivity index (χ0n) is 17.9. The molecule has 1 aliphatic heterocycles. The van der Waals surface area contributed by atoms with E-state index in [9.17, 15) is 9.90 Å². The van der Waals surface area contributed by atoms with Crippen LogP contribution in [0.3, 0.4) is 0 Å². The quantitative estimate of drug-likeness (QED) is 0.461. The van der Waals surface area contributed by atoms with Crippen molar-refractivity contribution in [3.63, 3.8) is 0 Å². The Morgan fingerprint density at radius 2 is 1.87 bits per heavy atom. The third kappa shape index (κ3) is 4.62. The predicted molar refractivity (Wildman–Crippen MR) is 123 cm³/mol. The highest BCUT2D eigenvalue weighted by atomic mass is 79.9. The van der Waals surface area contributed by atoms with Crippen LogP contribution in [0.15, 0.2) is 55.9 Å². The van der Waals surface area contributed by atoms with E-state index in [-0.39, 0.29) is 11.7 Å². The highest BCUT2D eigenvalue weighted by molar-refractivity contribution is 9.10. The van der Waals surface area contributed by atoms with Crippen molar-refractivity contribution < 1.29 is 14.3 Å². The standard InChI is InChI=1S/C26H29BrO4/c1-16-10-11-26(31-16,15-19-4-5-19)24-22(28)14-23(30-25(24)29)20(12-17-2-3-17)13-18-6-8-21(27)9-7-18/h6-10,14,17,19-20,28H,2-5,11-13,15H2,1H3. The molecule has 0 spiro atoms. The van der Waals surface area contributed by atoms with E-state index in [1.165, 1.54) is 18.4 Å². The molecule has 2 fully saturated rings. The van der Waals surface area contributed by atoms with Gasteiger partial charge in [-0.05, 0) is 61.8 Å². The number of benzene rings is 1. The number of halogens is 1. The van der Waals surface area contributed by atoms with E-state index in [2.05, 4.69) is 28.1 Å². The first kappa shape index (κ1) is 20.9. The molecule has 2 heterocycles. The molecule has 0 bridgehead atoms. The van der Waals surface area contributed by atoms with Crippen LogP contribution < -0.4 is 5.63 Å². The smallest absolute Gasteiger partial charge is 0.347 e. The maximum absolute atomic E-state index is 13.2. The molecule has 1 aromatic heterocycles. The molecule has 2 aromatic rings. The summed E-state index contributed by atoms with van der Waals surface area (Å²) in [7, 11) is 0. The van der Waals surface area contributed by atoms with E-state index in [4.69, 9.17) is 9.15 Å². The summed E-state index contributed by atoms with van der Waals surface area (Å²) in [6.07, 6.45) is 9.91. The third-order valence-electron chi connectivity index (χ3n) is 6.91. The minimum Gasteiger partial charge on any atom is -0.507 e. The summed E-state index contributed by atoms with van der Waals surface area (Å²) in [6, 6.07) is 9.96. The lowest BCUT2D eigenvalue weighted by atomic mass is 9.85. The fourth-order valence-electron chi connectivity index (χ4n) is 4.95. The number of hydrogen-bond acceptors (Lipinski definition) is 4. The summed E-state index contributed by atoms with van der Waals surface area (Å²) in [5.74, 6) is 2.73. The van der Waals surface area contributed by atoms with Gasteiger partial charge < -0.3 is 14.3 Å². The molecule has 2 saturated carbocycles. The van der Waals surface area contributed by atoms with Gasteiger partial charge in [0.25, 0.3) is 0 Å². The van der Waals surface area contributed by atoms with Gasteiger partial charge in [0.05, 0.1) is 5.76 Å². The largest absolute Gasteiger partial charge is 0.507 e. The van der Waals surface area contributed by atoms with E-state index >= 15 is 0 Å². The highest BCUT2D eigenvalue weighted by Crippen LogP contribution is 2.50. The molecule has 0 radical (unpaired) electrons. The fraction of sp³-hybridized carbons (Fsp3) is 0.500. The molecular weight excluding hydrogens is 456 g/mol. The van der Waals surface area contributed by atoms with Gasteiger partial charge in [-0.25, -0.2) is 4.79 Å². The molecule has 2 aliphatic carbocycles. The van der Waals surface area contributed by atoms with Crippen molar-refractivity contribution in [1.29, 1.82) is 0 Å². The molecule has 31 heavy (non-hydrogen) atoms. The molecule has 2 unspecified atom stereocenters. The van der Waals surface area contributed by atoms with Crippen molar-refractivity contribution in [2.24, 2.45) is 11.8 Å². The Labute approximate surface area is 191 Å². The summed E-state index contributed by atoms with van der Waals surface area (Å²) in [5.41, 5.74) is 0.260. The maximum Gasteiger partial charge on any atom is 0.347 e. The molecule has 5 rings (SSSR count). The van der Waals surface area contributed by atoms with E-state index in [0.717, 1.165) is 42.3 Å². The lowest BCUT2D eigenvalue weighted by molar-refractivity contribution is 0.00455. The van der Waals surface area contributed by atoms with Gasteiger partial charge in [0.15, 0.2) is 0 Å². The minimum atomic E-state index is -0.786. The first-order valence-electron chi connectivity index (χ1n) is 11.4. The Hall–Kier alpha value is -2.01. The van der Waals surface area contributed by atoms with E-state index < -0.39 is 11.2 Å². The molecule has 164 valence electrons. The monoisotopic (exact) mass is 484 g/mol. The predicted octanol–water partition coefficient (Wildman–Crippen LogP) is 6.55. The van der Waals surface area contributed by atoms with Crippen LogP contribution in [0.25, 0.3) is 0 Å². The first-order valence-corrected chi connectivity index (χ1v) is 12.2. The van der Waals surface area contributed by atoms with Gasteiger partial charge in [0.1, 0.15) is 22.7 Å². The van der Waals surface area contributed by atoms with Crippen molar-refractivity contribution in [3.8, 4) is 5.75 Å². The van der Waals surface area contributed by atoms with Crippen LogP contribution >= 0.6 is 15.9 Å². The number of allylic oxidation sites excluding steroid dienone is 1. The summed E-state index contributed by atoms with van der Waals surface area (Å²) in [6.45, 7) is 1.91. The van der Waals surface area contributed by atoms with Crippen LogP contribution in [0.5, 0.6) is 5.75 Å². The van der Waals surface area contributed by atoms with Gasteiger partial charge in [-0.3, -0.25) is 0 Å². The van der Waals surface area contributed by atoms with Crippen molar-refractivity contribution in [1.82, 2.24) is 0 Å². The van der Waals surface area contributed by atoms with Gasteiger partial charge in [-0.1, -0.05) is 53.7 Å². The number of ether oxygens (including phenoxy) is 1. The van der Waals surface area contributed by atoms with Gasteiger partial charge >= 0.3 is 5.63 Å². The average molecular weight is 485 g/mol. The van der Waals surface area contributed by atoms with Crippen LogP contribution in [-0.2, 0) is 16.8 Å². The molecule has 4 nitrogen and oxygen atoms in total. The topological polar surface area (TPSA) is 59.7 Å². The van der Waals surface area contributed by atoms with Crippen LogP contribution in [0.2, 0.25) is 0 Å². The third-order valence-corrected chi connectivity index (χ3v) is 7.44. The zero-order valence-corrected chi connectivity index (χ0v) is 19.5. The lowest BCUT2D eigenvalue weighted by Crippen LogP contribution is -2.32. The van der Waals surface area contributed by atoms with Crippen LogP contribution in [-0.4, -0.2) is 5.11 Å². The Morgan fingerprint density at radius 3 is 2.45 bits per heavy atom. The van der Waals surface area contributed by atoms with Crippen molar-refractivity contribution in [2.45, 2.75) is 69.8 Å². The Morgan fingerprint density at radius 1 is 1.16 bits per heavy atom. The summed E-state index contributed by atoms with van der Waals surface area (Å²) in [5, 5.41) is 11.0. The molecule has 1 aromatic carbocycles. The molecule has 3 aliphatic rings. The highest BCUT2D eigenvalue weighted by Gasteiger charge is 2.46. The fourth-order valence-corrected chi connectivity index (χ4v) is 5.21. The van der Waals surface area contributed by atoms with Gasteiger partial charge in [0, 0.05) is 22.9 Å². The number of aromatic hydroxyl groups is 1. The van der Waals surface area contributed by atoms with Crippen molar-refractivity contribution in [3.05, 3.63) is 73.9 Å². The van der Waals surface area contributed by atoms with Crippen LogP contribution in [0, 0.1) is 11.8 Å². The maximum atomic E-state index is 13.2. The second kappa shape index (κ2) is 8.16. The Balaban J connectivity index is 1.47. The average Bonchev–Trinajstić information content (AvgIpc) is 3.64. The van der Waals surface area contributed by atoms with E-state index in [0.29, 0.717) is 29.6 Å². The van der Waals surface area contributed by atoms with E-state index in [1.807, 2.05) is 25.1 Å². The second-order valence-corrected chi connectivity index (χ2v) is 10.6. The second-order valence-electron chi connectivity index (χ2n) is 9.67. The first-order chi connectivity index (χ1) is 14.9. The number of rotatable bonds is 8. The van der Waals surface area contributed by atoms with E-state index in [1.54, 1.807) is 6.07 Å². The summed E-state index contributed by atoms with van der Waals surface area (Å²) in [4.78, 5) is 13.2.